The number of benzene rings is 3. The van der Waals surface area contributed by atoms with Gasteiger partial charge in [-0.2, -0.15) is 0 Å². The summed E-state index contributed by atoms with van der Waals surface area (Å²) in [6.07, 6.45) is 0. The van der Waals surface area contributed by atoms with Crippen LogP contribution in [0.4, 0.5) is 11.4 Å². The van der Waals surface area contributed by atoms with E-state index in [1.807, 2.05) is 36.4 Å². The van der Waals surface area contributed by atoms with Gasteiger partial charge in [-0.25, -0.2) is 4.79 Å². The van der Waals surface area contributed by atoms with Crippen LogP contribution in [0, 0.1) is 0 Å². The maximum Gasteiger partial charge on any atom is 0.336 e. The highest BCUT2D eigenvalue weighted by atomic mass is 35.5. The fourth-order valence-electron chi connectivity index (χ4n) is 3.24. The SMILES string of the molecule is CC(Nc1ccc(NC(=O)COc2ccc3ccc(=O)oc3c2)cc1Cl)c1ccccc1. The molecule has 0 spiro atoms. The van der Waals surface area contributed by atoms with E-state index in [0.717, 1.165) is 16.6 Å². The van der Waals surface area contributed by atoms with Crippen LogP contribution in [0.3, 0.4) is 0 Å². The Hall–Kier alpha value is -3.77. The third-order valence-electron chi connectivity index (χ3n) is 4.89. The lowest BCUT2D eigenvalue weighted by Gasteiger charge is -2.17. The maximum absolute atomic E-state index is 12.3. The summed E-state index contributed by atoms with van der Waals surface area (Å²) in [5.74, 6) is 0.0866. The van der Waals surface area contributed by atoms with Gasteiger partial charge in [0.05, 0.1) is 10.7 Å². The summed E-state index contributed by atoms with van der Waals surface area (Å²) >= 11 is 6.40. The van der Waals surface area contributed by atoms with Crippen LogP contribution < -0.4 is 21.0 Å². The van der Waals surface area contributed by atoms with Crippen molar-refractivity contribution >= 4 is 39.9 Å². The molecular formula is C25H21ClN2O4. The molecule has 1 heterocycles. The van der Waals surface area contributed by atoms with E-state index in [2.05, 4.69) is 17.6 Å². The molecule has 6 nitrogen and oxygen atoms in total. The van der Waals surface area contributed by atoms with Gasteiger partial charge in [0.2, 0.25) is 0 Å². The van der Waals surface area contributed by atoms with Gasteiger partial charge in [0.25, 0.3) is 5.91 Å². The van der Waals surface area contributed by atoms with Crippen molar-refractivity contribution in [2.45, 2.75) is 13.0 Å². The summed E-state index contributed by atoms with van der Waals surface area (Å²) in [4.78, 5) is 23.7. The van der Waals surface area contributed by atoms with Crippen molar-refractivity contribution in [1.29, 1.82) is 0 Å². The molecule has 1 amide bonds. The topological polar surface area (TPSA) is 80.6 Å². The second-order valence-corrected chi connectivity index (χ2v) is 7.67. The zero-order chi connectivity index (χ0) is 22.5. The van der Waals surface area contributed by atoms with Crippen LogP contribution in [0.15, 0.2) is 88.1 Å². The first-order valence-electron chi connectivity index (χ1n) is 10.1. The number of carbonyl (C=O) groups is 1. The van der Waals surface area contributed by atoms with Gasteiger partial charge >= 0.3 is 5.63 Å². The lowest BCUT2D eigenvalue weighted by atomic mass is 10.1. The summed E-state index contributed by atoms with van der Waals surface area (Å²) in [5.41, 5.74) is 2.43. The van der Waals surface area contributed by atoms with Crippen molar-refractivity contribution in [3.63, 3.8) is 0 Å². The molecule has 1 atom stereocenters. The van der Waals surface area contributed by atoms with E-state index in [0.29, 0.717) is 22.0 Å². The van der Waals surface area contributed by atoms with E-state index in [1.54, 1.807) is 36.4 Å². The number of ether oxygens (including phenoxy) is 1. The average molecular weight is 449 g/mol. The molecule has 32 heavy (non-hydrogen) atoms. The summed E-state index contributed by atoms with van der Waals surface area (Å²) in [5, 5.41) is 7.40. The molecule has 7 heteroatoms. The van der Waals surface area contributed by atoms with Crippen molar-refractivity contribution in [3.05, 3.63) is 99.9 Å². The Morgan fingerprint density at radius 1 is 1.03 bits per heavy atom. The van der Waals surface area contributed by atoms with Crippen molar-refractivity contribution in [1.82, 2.24) is 0 Å². The van der Waals surface area contributed by atoms with E-state index >= 15 is 0 Å². The number of halogens is 1. The molecule has 0 fully saturated rings. The molecule has 4 rings (SSSR count). The van der Waals surface area contributed by atoms with E-state index in [4.69, 9.17) is 20.8 Å². The van der Waals surface area contributed by atoms with E-state index in [1.165, 1.54) is 6.07 Å². The normalized spacial score (nSPS) is 11.7. The van der Waals surface area contributed by atoms with Crippen LogP contribution in [0.2, 0.25) is 5.02 Å². The Balaban J connectivity index is 1.35. The van der Waals surface area contributed by atoms with Gasteiger partial charge in [0, 0.05) is 29.2 Å². The highest BCUT2D eigenvalue weighted by Gasteiger charge is 2.10. The predicted octanol–water partition coefficient (Wildman–Crippen LogP) is 5.64. The summed E-state index contributed by atoms with van der Waals surface area (Å²) in [7, 11) is 0. The van der Waals surface area contributed by atoms with Crippen molar-refractivity contribution in [3.8, 4) is 5.75 Å². The van der Waals surface area contributed by atoms with Crippen LogP contribution in [-0.4, -0.2) is 12.5 Å². The van der Waals surface area contributed by atoms with Gasteiger partial charge in [-0.05, 0) is 48.9 Å². The number of hydrogen-bond acceptors (Lipinski definition) is 5. The molecule has 0 radical (unpaired) electrons. The Morgan fingerprint density at radius 3 is 2.59 bits per heavy atom. The fourth-order valence-corrected chi connectivity index (χ4v) is 3.48. The van der Waals surface area contributed by atoms with E-state index in [9.17, 15) is 9.59 Å². The largest absolute Gasteiger partial charge is 0.484 e. The number of anilines is 2. The molecule has 2 N–H and O–H groups in total. The quantitative estimate of drug-likeness (QED) is 0.358. The van der Waals surface area contributed by atoms with Crippen LogP contribution in [0.5, 0.6) is 5.75 Å². The third-order valence-corrected chi connectivity index (χ3v) is 5.20. The monoisotopic (exact) mass is 448 g/mol. The number of carbonyl (C=O) groups excluding carboxylic acids is 1. The molecule has 0 bridgehead atoms. The second kappa shape index (κ2) is 9.58. The number of nitrogens with one attached hydrogen (secondary N) is 2. The van der Waals surface area contributed by atoms with Crippen LogP contribution >= 0.6 is 11.6 Å². The van der Waals surface area contributed by atoms with Gasteiger partial charge in [-0.3, -0.25) is 4.79 Å². The molecule has 3 aromatic carbocycles. The molecule has 0 aliphatic rings. The van der Waals surface area contributed by atoms with Crippen molar-refractivity contribution in [2.24, 2.45) is 0 Å². The molecule has 4 aromatic rings. The molecule has 0 aliphatic heterocycles. The third kappa shape index (κ3) is 5.28. The highest BCUT2D eigenvalue weighted by molar-refractivity contribution is 6.33. The number of hydrogen-bond donors (Lipinski definition) is 2. The predicted molar refractivity (Wildman–Crippen MR) is 127 cm³/mol. The van der Waals surface area contributed by atoms with Crippen LogP contribution in [-0.2, 0) is 4.79 Å². The van der Waals surface area contributed by atoms with Crippen LogP contribution in [0.25, 0.3) is 11.0 Å². The Bertz CT molecular complexity index is 1300. The first kappa shape index (κ1) is 21.5. The summed E-state index contributed by atoms with van der Waals surface area (Å²) in [6, 6.07) is 23.5. The minimum atomic E-state index is -0.444. The minimum Gasteiger partial charge on any atom is -0.484 e. The van der Waals surface area contributed by atoms with Gasteiger partial charge in [0.1, 0.15) is 11.3 Å². The van der Waals surface area contributed by atoms with Crippen LogP contribution in [0.1, 0.15) is 18.5 Å². The average Bonchev–Trinajstić information content (AvgIpc) is 2.79. The van der Waals surface area contributed by atoms with Gasteiger partial charge in [-0.15, -0.1) is 0 Å². The number of fused-ring (bicyclic) bond motifs is 1. The molecule has 162 valence electrons. The molecule has 1 unspecified atom stereocenters. The smallest absolute Gasteiger partial charge is 0.336 e. The van der Waals surface area contributed by atoms with Gasteiger partial charge < -0.3 is 19.8 Å². The molecule has 0 saturated carbocycles. The molecule has 0 saturated heterocycles. The zero-order valence-electron chi connectivity index (χ0n) is 17.3. The molecule has 0 aliphatic carbocycles. The highest BCUT2D eigenvalue weighted by Crippen LogP contribution is 2.29. The summed E-state index contributed by atoms with van der Waals surface area (Å²) in [6.45, 7) is 1.85. The Labute approximate surface area is 189 Å². The van der Waals surface area contributed by atoms with Crippen molar-refractivity contribution < 1.29 is 13.9 Å². The lowest BCUT2D eigenvalue weighted by Crippen LogP contribution is -2.20. The fraction of sp³-hybridized carbons (Fsp3) is 0.120. The summed E-state index contributed by atoms with van der Waals surface area (Å²) < 4.78 is 10.7. The number of amides is 1. The zero-order valence-corrected chi connectivity index (χ0v) is 18.1. The first-order chi connectivity index (χ1) is 15.5. The van der Waals surface area contributed by atoms with Gasteiger partial charge in [0.15, 0.2) is 6.61 Å². The maximum atomic E-state index is 12.3. The minimum absolute atomic E-state index is 0.0777. The first-order valence-corrected chi connectivity index (χ1v) is 10.4. The Morgan fingerprint density at radius 2 is 1.81 bits per heavy atom. The standard InChI is InChI=1S/C25H21ClN2O4/c1-16(17-5-3-2-4-6-17)27-22-11-9-19(13-21(22)26)28-24(29)15-31-20-10-7-18-8-12-25(30)32-23(18)14-20/h2-14,16,27H,15H2,1H3,(H,28,29). The van der Waals surface area contributed by atoms with E-state index in [-0.39, 0.29) is 18.6 Å². The second-order valence-electron chi connectivity index (χ2n) is 7.26. The molecular weight excluding hydrogens is 428 g/mol. The Kier molecular flexibility index (Phi) is 6.42. The van der Waals surface area contributed by atoms with E-state index < -0.39 is 5.63 Å². The lowest BCUT2D eigenvalue weighted by molar-refractivity contribution is -0.118. The van der Waals surface area contributed by atoms with Crippen molar-refractivity contribution in [2.75, 3.05) is 17.2 Å². The van der Waals surface area contributed by atoms with Gasteiger partial charge in [-0.1, -0.05) is 41.9 Å². The molecule has 1 aromatic heterocycles. The number of rotatable bonds is 7.